The monoisotopic (exact) mass is 983 g/mol. The van der Waals surface area contributed by atoms with Gasteiger partial charge < -0.3 is 30.1 Å². The highest BCUT2D eigenvalue weighted by Crippen LogP contribution is 2.41. The van der Waals surface area contributed by atoms with Gasteiger partial charge in [0.1, 0.15) is 23.3 Å². The number of carbonyl (C=O) groups excluding carboxylic acids is 4. The van der Waals surface area contributed by atoms with Gasteiger partial charge in [0.15, 0.2) is 5.82 Å². The zero-order valence-electron chi connectivity index (χ0n) is 37.2. The lowest BCUT2D eigenvalue weighted by atomic mass is 9.87. The van der Waals surface area contributed by atoms with Crippen molar-refractivity contribution in [1.29, 1.82) is 0 Å². The van der Waals surface area contributed by atoms with Crippen molar-refractivity contribution in [3.8, 4) is 11.1 Å². The molecule has 3 amide bonds. The molecule has 0 aliphatic carbocycles. The van der Waals surface area contributed by atoms with Crippen molar-refractivity contribution < 1.29 is 59.0 Å². The van der Waals surface area contributed by atoms with Crippen LogP contribution in [0.15, 0.2) is 67.0 Å². The van der Waals surface area contributed by atoms with Gasteiger partial charge in [0.25, 0.3) is 0 Å². The molecule has 1 atom stereocenters. The number of ketones is 1. The number of H-pyrrole nitrogens is 1. The molecule has 2 aromatic heterocycles. The first-order valence-corrected chi connectivity index (χ1v) is 23.4. The van der Waals surface area contributed by atoms with Crippen molar-refractivity contribution in [2.45, 2.75) is 56.8 Å². The van der Waals surface area contributed by atoms with Gasteiger partial charge in [-0.1, -0.05) is 13.0 Å². The number of piperazine rings is 1. The predicted octanol–water partition coefficient (Wildman–Crippen LogP) is 5.79. The lowest BCUT2D eigenvalue weighted by Crippen LogP contribution is -2.52. The molecule has 5 N–H and O–H groups in total. The van der Waals surface area contributed by atoms with Gasteiger partial charge in [-0.3, -0.25) is 29.2 Å². The molecule has 0 spiro atoms. The molecule has 69 heavy (non-hydrogen) atoms. The Kier molecular flexibility index (Phi) is 13.4. The van der Waals surface area contributed by atoms with Crippen LogP contribution in [-0.4, -0.2) is 121 Å². The fourth-order valence-corrected chi connectivity index (χ4v) is 9.68. The van der Waals surface area contributed by atoms with Crippen molar-refractivity contribution in [3.05, 3.63) is 101 Å². The molecule has 8 rings (SSSR count). The van der Waals surface area contributed by atoms with E-state index in [1.807, 2.05) is 4.72 Å². The fraction of sp³-hybridized carbons (Fsp3) is 0.370. The number of aliphatic hydroxyl groups is 1. The highest BCUT2D eigenvalue weighted by molar-refractivity contribution is 7.90. The number of alkyl halides is 3. The topological polar surface area (TPSA) is 200 Å². The lowest BCUT2D eigenvalue weighted by molar-refractivity contribution is -0.139. The van der Waals surface area contributed by atoms with E-state index in [1.165, 1.54) is 54.2 Å². The molecule has 3 aliphatic heterocycles. The van der Waals surface area contributed by atoms with Crippen LogP contribution in [0.1, 0.15) is 60.5 Å². The van der Waals surface area contributed by atoms with E-state index in [0.29, 0.717) is 5.69 Å². The number of aromatic nitrogens is 2. The highest BCUT2D eigenvalue weighted by atomic mass is 32.2. The second-order valence-electron chi connectivity index (χ2n) is 17.3. The number of halogens is 6. The van der Waals surface area contributed by atoms with Crippen LogP contribution < -0.4 is 25.2 Å². The third kappa shape index (κ3) is 10.2. The van der Waals surface area contributed by atoms with Gasteiger partial charge in [-0.05, 0) is 73.4 Å². The van der Waals surface area contributed by atoms with Crippen molar-refractivity contribution in [2.75, 3.05) is 72.7 Å². The zero-order chi connectivity index (χ0) is 49.6. The molecule has 0 saturated carbocycles. The summed E-state index contributed by atoms with van der Waals surface area (Å²) in [5.41, 5.74) is -3.63. The smallest absolute Gasteiger partial charge is 0.389 e. The van der Waals surface area contributed by atoms with E-state index >= 15 is 13.2 Å². The van der Waals surface area contributed by atoms with Crippen LogP contribution in [0.25, 0.3) is 22.2 Å². The molecule has 3 aliphatic rings. The standard InChI is InChI=1S/C46H47F6N9O7S/c1-3-58(2)69(67,68)57-34-7-6-32(47)40(41(34)49)42(64)30-25-54-43-29(30)20-27(24-53-43)26-4-9-36(31(21-26)46(50,51)52)60-16-18-61(19-17-60)39(63)23-45(66)12-14-59(15-13-45)37-10-5-28(22-33(37)48)55-35-8-11-38(62)56-44(35)65/h4-7,9-10,20-22,24-25,35,55,57,66H,3,8,11-19,23H2,1-2H3,(H,53,54)(H,56,62,65). The van der Waals surface area contributed by atoms with Gasteiger partial charge in [-0.2, -0.15) is 25.9 Å². The minimum atomic E-state index is -4.84. The van der Waals surface area contributed by atoms with Gasteiger partial charge in [0.05, 0.1) is 34.5 Å². The average molecular weight is 984 g/mol. The van der Waals surface area contributed by atoms with E-state index in [0.717, 1.165) is 28.7 Å². The largest absolute Gasteiger partial charge is 0.418 e. The number of benzene rings is 3. The average Bonchev–Trinajstić information content (AvgIpc) is 3.74. The molecule has 3 saturated heterocycles. The van der Waals surface area contributed by atoms with E-state index in [9.17, 15) is 45.9 Å². The number of pyridine rings is 1. The number of hydrogen-bond acceptors (Lipinski definition) is 11. The summed E-state index contributed by atoms with van der Waals surface area (Å²) < 4.78 is 118. The summed E-state index contributed by atoms with van der Waals surface area (Å²) in [5, 5.41) is 16.6. The predicted molar refractivity (Wildman–Crippen MR) is 243 cm³/mol. The second-order valence-corrected chi connectivity index (χ2v) is 19.0. The summed E-state index contributed by atoms with van der Waals surface area (Å²) in [4.78, 5) is 62.5. The number of carbonyl (C=O) groups is 4. The van der Waals surface area contributed by atoms with Crippen LogP contribution >= 0.6 is 0 Å². The molecule has 0 bridgehead atoms. The number of nitrogens with zero attached hydrogens (tertiary/aromatic N) is 5. The maximum absolute atomic E-state index is 15.7. The summed E-state index contributed by atoms with van der Waals surface area (Å²) in [6.45, 7) is 2.26. The van der Waals surface area contributed by atoms with E-state index in [-0.39, 0.29) is 129 Å². The number of amides is 3. The van der Waals surface area contributed by atoms with Crippen LogP contribution in [0, 0.1) is 17.5 Å². The summed E-state index contributed by atoms with van der Waals surface area (Å²) in [7, 11) is -3.02. The lowest BCUT2D eigenvalue weighted by Gasteiger charge is -2.41. The Morgan fingerprint density at radius 2 is 1.61 bits per heavy atom. The summed E-state index contributed by atoms with van der Waals surface area (Å²) in [6, 6.07) is 10.3. The number of fused-ring (bicyclic) bond motifs is 1. The van der Waals surface area contributed by atoms with Gasteiger partial charge in [0, 0.05) is 99.6 Å². The Bertz CT molecular complexity index is 2950. The molecule has 0 radical (unpaired) electrons. The van der Waals surface area contributed by atoms with E-state index in [1.54, 1.807) is 17.0 Å². The second kappa shape index (κ2) is 19.0. The number of imide groups is 1. The normalized spacial score (nSPS) is 17.9. The molecule has 5 heterocycles. The third-order valence-electron chi connectivity index (χ3n) is 12.8. The maximum Gasteiger partial charge on any atom is 0.418 e. The number of hydrogen-bond donors (Lipinski definition) is 5. The van der Waals surface area contributed by atoms with Crippen molar-refractivity contribution >= 4 is 67.5 Å². The summed E-state index contributed by atoms with van der Waals surface area (Å²) >= 11 is 0. The zero-order valence-corrected chi connectivity index (χ0v) is 38.0. The molecule has 3 fully saturated rings. The molecule has 23 heteroatoms. The Balaban J connectivity index is 0.910. The van der Waals surface area contributed by atoms with Gasteiger partial charge >= 0.3 is 16.4 Å². The van der Waals surface area contributed by atoms with Crippen LogP contribution in [0.5, 0.6) is 0 Å². The first-order chi connectivity index (χ1) is 32.6. The minimum absolute atomic E-state index is 0.0272. The Labute approximate surface area is 391 Å². The van der Waals surface area contributed by atoms with Crippen LogP contribution in [0.3, 0.4) is 0 Å². The first kappa shape index (κ1) is 48.7. The molecule has 5 aromatic rings. The summed E-state index contributed by atoms with van der Waals surface area (Å²) in [5.74, 6) is -5.72. The fourth-order valence-electron chi connectivity index (χ4n) is 8.74. The molecular weight excluding hydrogens is 937 g/mol. The number of piperidine rings is 2. The van der Waals surface area contributed by atoms with Crippen LogP contribution in [0.2, 0.25) is 0 Å². The highest BCUT2D eigenvalue weighted by Gasteiger charge is 2.39. The van der Waals surface area contributed by atoms with E-state index in [2.05, 4.69) is 20.6 Å². The SMILES string of the molecule is CCN(C)S(=O)(=O)Nc1ccc(F)c(C(=O)c2c[nH]c3ncc(-c4ccc(N5CCN(C(=O)CC6(O)CCN(c7ccc(NC8CCC(=O)NC8=O)cc7F)CC6)CC5)c(C(F)(F)F)c4)cc23)c1F. The van der Waals surface area contributed by atoms with Crippen LogP contribution in [-0.2, 0) is 30.8 Å². The quantitative estimate of drug-likeness (QED) is 0.0544. The number of aromatic amines is 1. The van der Waals surface area contributed by atoms with Crippen molar-refractivity contribution in [3.63, 3.8) is 0 Å². The minimum Gasteiger partial charge on any atom is -0.389 e. The van der Waals surface area contributed by atoms with Crippen molar-refractivity contribution in [1.82, 2.24) is 24.5 Å². The van der Waals surface area contributed by atoms with Gasteiger partial charge in [-0.25, -0.2) is 18.2 Å². The van der Waals surface area contributed by atoms with Crippen LogP contribution in [0.4, 0.5) is 49.1 Å². The Morgan fingerprint density at radius 3 is 2.28 bits per heavy atom. The Morgan fingerprint density at radius 1 is 0.913 bits per heavy atom. The van der Waals surface area contributed by atoms with Gasteiger partial charge in [-0.15, -0.1) is 0 Å². The Hall–Kier alpha value is -6.72. The number of anilines is 4. The molecule has 1 unspecified atom stereocenters. The van der Waals surface area contributed by atoms with E-state index in [4.69, 9.17) is 0 Å². The molecule has 366 valence electrons. The molecule has 3 aromatic carbocycles. The third-order valence-corrected chi connectivity index (χ3v) is 14.4. The number of nitrogens with one attached hydrogen (secondary N) is 4. The maximum atomic E-state index is 15.7. The molecule has 16 nitrogen and oxygen atoms in total. The molecular formula is C46H47F6N9O7S. The summed E-state index contributed by atoms with van der Waals surface area (Å²) in [6.07, 6.45) is -1.93. The first-order valence-electron chi connectivity index (χ1n) is 22.0. The van der Waals surface area contributed by atoms with E-state index < -0.39 is 74.0 Å². The van der Waals surface area contributed by atoms with Gasteiger partial charge in [0.2, 0.25) is 23.5 Å². The number of rotatable bonds is 13. The van der Waals surface area contributed by atoms with Crippen molar-refractivity contribution in [2.24, 2.45) is 0 Å².